The van der Waals surface area contributed by atoms with E-state index in [1.165, 1.54) is 12.0 Å². The van der Waals surface area contributed by atoms with Crippen LogP contribution in [0.25, 0.3) is 0 Å². The number of amides is 1. The second-order valence-electron chi connectivity index (χ2n) is 3.05. The van der Waals surface area contributed by atoms with Crippen molar-refractivity contribution in [2.24, 2.45) is 5.73 Å². The molecule has 0 heterocycles. The predicted molar refractivity (Wildman–Crippen MR) is 43.3 cm³/mol. The van der Waals surface area contributed by atoms with Crippen molar-refractivity contribution in [3.63, 3.8) is 0 Å². The summed E-state index contributed by atoms with van der Waals surface area (Å²) in [6, 6.07) is 0. The van der Waals surface area contributed by atoms with Gasteiger partial charge < -0.3 is 15.4 Å². The van der Waals surface area contributed by atoms with Crippen LogP contribution >= 0.6 is 0 Å². The van der Waals surface area contributed by atoms with Gasteiger partial charge in [0.2, 0.25) is 0 Å². The van der Waals surface area contributed by atoms with Gasteiger partial charge in [-0.05, 0) is 13.8 Å². The summed E-state index contributed by atoms with van der Waals surface area (Å²) in [5.41, 5.74) is 5.11. The Morgan fingerprint density at radius 3 is 2.36 bits per heavy atom. The van der Waals surface area contributed by atoms with Crippen molar-refractivity contribution < 1.29 is 9.53 Å². The third kappa shape index (κ3) is 2.38. The lowest BCUT2D eigenvalue weighted by atomic mass is 10.1. The number of nitrogens with zero attached hydrogens (tertiary/aromatic N) is 1. The number of rotatable bonds is 2. The topological polar surface area (TPSA) is 55.6 Å². The van der Waals surface area contributed by atoms with E-state index in [9.17, 15) is 4.79 Å². The van der Waals surface area contributed by atoms with Crippen molar-refractivity contribution in [3.8, 4) is 0 Å². The molecule has 0 aliphatic rings. The van der Waals surface area contributed by atoms with Crippen LogP contribution in [-0.4, -0.2) is 37.2 Å². The Hall–Kier alpha value is -0.770. The van der Waals surface area contributed by atoms with Crippen LogP contribution in [-0.2, 0) is 4.74 Å². The average Bonchev–Trinajstić information content (AvgIpc) is 2.01. The smallest absolute Gasteiger partial charge is 0.409 e. The zero-order valence-electron chi connectivity index (χ0n) is 7.55. The van der Waals surface area contributed by atoms with Gasteiger partial charge >= 0.3 is 6.09 Å². The number of likely N-dealkylation sites (N-methyl/N-ethyl adjacent to an activating group) is 1. The first-order valence-electron chi connectivity index (χ1n) is 3.47. The Labute approximate surface area is 67.3 Å². The van der Waals surface area contributed by atoms with Crippen LogP contribution in [0.3, 0.4) is 0 Å². The number of carbonyl (C=O) groups excluding carboxylic acids is 1. The standard InChI is InChI=1S/C7H16N2O2/c1-7(2,5-8)9(3)6(10)11-4/h5,8H2,1-4H3. The fourth-order valence-corrected chi connectivity index (χ4v) is 0.521. The van der Waals surface area contributed by atoms with E-state index in [1.54, 1.807) is 7.05 Å². The monoisotopic (exact) mass is 160 g/mol. The Morgan fingerprint density at radius 1 is 1.64 bits per heavy atom. The highest BCUT2D eigenvalue weighted by atomic mass is 16.5. The van der Waals surface area contributed by atoms with Crippen LogP contribution in [0.1, 0.15) is 13.8 Å². The lowest BCUT2D eigenvalue weighted by Crippen LogP contribution is -2.49. The van der Waals surface area contributed by atoms with Gasteiger partial charge in [-0.25, -0.2) is 4.79 Å². The summed E-state index contributed by atoms with van der Waals surface area (Å²) in [5.74, 6) is 0. The number of nitrogens with two attached hydrogens (primary N) is 1. The van der Waals surface area contributed by atoms with Crippen molar-refractivity contribution in [1.29, 1.82) is 0 Å². The van der Waals surface area contributed by atoms with Crippen molar-refractivity contribution in [3.05, 3.63) is 0 Å². The minimum absolute atomic E-state index is 0.340. The molecule has 1 amide bonds. The molecule has 11 heavy (non-hydrogen) atoms. The molecule has 0 spiro atoms. The van der Waals surface area contributed by atoms with Gasteiger partial charge in [-0.2, -0.15) is 0 Å². The molecule has 0 bridgehead atoms. The van der Waals surface area contributed by atoms with E-state index >= 15 is 0 Å². The molecule has 0 aliphatic heterocycles. The molecular formula is C7H16N2O2. The SMILES string of the molecule is COC(=O)N(C)C(C)(C)CN. The second-order valence-corrected chi connectivity index (χ2v) is 3.05. The molecular weight excluding hydrogens is 144 g/mol. The average molecular weight is 160 g/mol. The molecule has 0 radical (unpaired) electrons. The van der Waals surface area contributed by atoms with Crippen molar-refractivity contribution in [2.75, 3.05) is 20.7 Å². The van der Waals surface area contributed by atoms with Gasteiger partial charge in [0.1, 0.15) is 0 Å². The molecule has 0 aliphatic carbocycles. The summed E-state index contributed by atoms with van der Waals surface area (Å²) < 4.78 is 4.53. The van der Waals surface area contributed by atoms with Crippen molar-refractivity contribution >= 4 is 6.09 Å². The summed E-state index contributed by atoms with van der Waals surface area (Å²) in [4.78, 5) is 12.4. The van der Waals surface area contributed by atoms with Crippen LogP contribution in [0.4, 0.5) is 4.79 Å². The Balaban J connectivity index is 4.22. The maximum absolute atomic E-state index is 11.0. The largest absolute Gasteiger partial charge is 0.453 e. The molecule has 0 saturated heterocycles. The van der Waals surface area contributed by atoms with Gasteiger partial charge in [0.05, 0.1) is 12.6 Å². The number of hydrogen-bond acceptors (Lipinski definition) is 3. The molecule has 0 atom stereocenters. The maximum atomic E-state index is 11.0. The predicted octanol–water partition coefficient (Wildman–Crippen LogP) is 0.422. The Kier molecular flexibility index (Phi) is 3.32. The summed E-state index contributed by atoms with van der Waals surface area (Å²) >= 11 is 0. The molecule has 0 rings (SSSR count). The summed E-state index contributed by atoms with van der Waals surface area (Å²) in [6.07, 6.45) is -0.361. The first-order chi connectivity index (χ1) is 4.95. The molecule has 0 saturated carbocycles. The Bertz CT molecular complexity index is 145. The normalized spacial score (nSPS) is 11.0. The first kappa shape index (κ1) is 10.2. The van der Waals surface area contributed by atoms with Gasteiger partial charge in [-0.1, -0.05) is 0 Å². The van der Waals surface area contributed by atoms with Crippen LogP contribution in [0.2, 0.25) is 0 Å². The number of methoxy groups -OCH3 is 1. The van der Waals surface area contributed by atoms with E-state index in [2.05, 4.69) is 4.74 Å². The molecule has 0 aromatic carbocycles. The second kappa shape index (κ2) is 3.57. The van der Waals surface area contributed by atoms with Crippen LogP contribution in [0, 0.1) is 0 Å². The van der Waals surface area contributed by atoms with E-state index in [1.807, 2.05) is 13.8 Å². The molecule has 2 N–H and O–H groups in total. The molecule has 0 aromatic rings. The highest BCUT2D eigenvalue weighted by Crippen LogP contribution is 2.10. The van der Waals surface area contributed by atoms with Crippen LogP contribution < -0.4 is 5.73 Å². The number of hydrogen-bond donors (Lipinski definition) is 1. The highest BCUT2D eigenvalue weighted by Gasteiger charge is 2.26. The van der Waals surface area contributed by atoms with Crippen LogP contribution in [0.15, 0.2) is 0 Å². The van der Waals surface area contributed by atoms with E-state index in [-0.39, 0.29) is 11.6 Å². The third-order valence-corrected chi connectivity index (χ3v) is 1.86. The van der Waals surface area contributed by atoms with E-state index < -0.39 is 0 Å². The number of ether oxygens (including phenoxy) is 1. The lowest BCUT2D eigenvalue weighted by Gasteiger charge is -2.32. The van der Waals surface area contributed by atoms with Gasteiger partial charge in [0.25, 0.3) is 0 Å². The molecule has 4 nitrogen and oxygen atoms in total. The van der Waals surface area contributed by atoms with Crippen molar-refractivity contribution in [1.82, 2.24) is 4.90 Å². The zero-order chi connectivity index (χ0) is 9.07. The van der Waals surface area contributed by atoms with Crippen molar-refractivity contribution in [2.45, 2.75) is 19.4 Å². The van der Waals surface area contributed by atoms with E-state index in [4.69, 9.17) is 5.73 Å². The molecule has 0 aromatic heterocycles. The fraction of sp³-hybridized carbons (Fsp3) is 0.857. The first-order valence-corrected chi connectivity index (χ1v) is 3.47. The molecule has 4 heteroatoms. The molecule has 0 unspecified atom stereocenters. The zero-order valence-corrected chi connectivity index (χ0v) is 7.55. The number of carbonyl (C=O) groups is 1. The molecule has 66 valence electrons. The van der Waals surface area contributed by atoms with Gasteiger partial charge in [-0.3, -0.25) is 0 Å². The fourth-order valence-electron chi connectivity index (χ4n) is 0.521. The molecule has 0 fully saturated rings. The third-order valence-electron chi connectivity index (χ3n) is 1.86. The maximum Gasteiger partial charge on any atom is 0.409 e. The minimum Gasteiger partial charge on any atom is -0.453 e. The van der Waals surface area contributed by atoms with Gasteiger partial charge in [0.15, 0.2) is 0 Å². The summed E-state index contributed by atoms with van der Waals surface area (Å²) in [6.45, 7) is 4.17. The summed E-state index contributed by atoms with van der Waals surface area (Å²) in [5, 5.41) is 0. The van der Waals surface area contributed by atoms with E-state index in [0.29, 0.717) is 6.54 Å². The lowest BCUT2D eigenvalue weighted by molar-refractivity contribution is 0.0955. The highest BCUT2D eigenvalue weighted by molar-refractivity contribution is 5.68. The van der Waals surface area contributed by atoms with Gasteiger partial charge in [0, 0.05) is 13.6 Å². The Morgan fingerprint density at radius 2 is 2.09 bits per heavy atom. The summed E-state index contributed by atoms with van der Waals surface area (Å²) in [7, 11) is 3.02. The van der Waals surface area contributed by atoms with Crippen LogP contribution in [0.5, 0.6) is 0 Å². The van der Waals surface area contributed by atoms with Gasteiger partial charge in [-0.15, -0.1) is 0 Å². The quantitative estimate of drug-likeness (QED) is 0.637. The van der Waals surface area contributed by atoms with E-state index in [0.717, 1.165) is 0 Å². The minimum atomic E-state index is -0.361.